The van der Waals surface area contributed by atoms with E-state index in [9.17, 15) is 19.1 Å². The van der Waals surface area contributed by atoms with Gasteiger partial charge in [0.05, 0.1) is 40.5 Å². The number of benzene rings is 1. The lowest BCUT2D eigenvalue weighted by Gasteiger charge is -2.13. The quantitative estimate of drug-likeness (QED) is 0.258. The van der Waals surface area contributed by atoms with Gasteiger partial charge in [-0.1, -0.05) is 37.1 Å². The molecule has 1 aliphatic carbocycles. The standard InChI is InChI=1S/C27H29FN6O2.C3H7NO2/c1-32-15-19(25(28)31-32)23-21(17-11-9-16(10-12-17)6-5-13-35)22-24-20(14-29-26(22)30-23)33(2)27(36)34(24)18-7-3-4-8-18;1-2-6-3(4)5/h9-12,14-15,18,35H,3-8,13H2,1-2H3,(H,29,30);2H2,1H3,(H2,4,5). The van der Waals surface area contributed by atoms with Crippen molar-refractivity contribution >= 4 is 28.2 Å². The summed E-state index contributed by atoms with van der Waals surface area (Å²) < 4.78 is 24.2. The van der Waals surface area contributed by atoms with Crippen molar-refractivity contribution in [2.45, 2.75) is 51.5 Å². The molecule has 11 nitrogen and oxygen atoms in total. The third-order valence-corrected chi connectivity index (χ3v) is 7.77. The maximum absolute atomic E-state index is 15.0. The van der Waals surface area contributed by atoms with Crippen LogP contribution in [-0.4, -0.2) is 53.3 Å². The Balaban J connectivity index is 0.000000535. The number of carbonyl (C=O) groups is 1. The number of carbonyl (C=O) groups excluding carboxylic acids is 1. The van der Waals surface area contributed by atoms with Gasteiger partial charge in [-0.2, -0.15) is 4.39 Å². The summed E-state index contributed by atoms with van der Waals surface area (Å²) in [6, 6.07) is 8.25. The summed E-state index contributed by atoms with van der Waals surface area (Å²) in [5, 5.41) is 13.9. The van der Waals surface area contributed by atoms with Gasteiger partial charge in [0.1, 0.15) is 5.65 Å². The van der Waals surface area contributed by atoms with Gasteiger partial charge >= 0.3 is 11.8 Å². The first-order valence-electron chi connectivity index (χ1n) is 14.2. The molecule has 0 bridgehead atoms. The summed E-state index contributed by atoms with van der Waals surface area (Å²) in [6.45, 7) is 2.20. The number of ether oxygens (including phenoxy) is 1. The molecule has 0 saturated heterocycles. The average molecular weight is 578 g/mol. The molecular formula is C30H36FN7O4. The first kappa shape index (κ1) is 29.1. The fourth-order valence-electron chi connectivity index (χ4n) is 5.86. The number of imidazole rings is 1. The maximum atomic E-state index is 15.0. The van der Waals surface area contributed by atoms with Crippen LogP contribution in [0.5, 0.6) is 0 Å². The van der Waals surface area contributed by atoms with Gasteiger partial charge in [0, 0.05) is 38.5 Å². The Morgan fingerprint density at radius 2 is 1.93 bits per heavy atom. The van der Waals surface area contributed by atoms with Crippen molar-refractivity contribution in [1.82, 2.24) is 28.9 Å². The number of amides is 1. The molecule has 1 saturated carbocycles. The van der Waals surface area contributed by atoms with Crippen molar-refractivity contribution in [3.05, 3.63) is 58.7 Å². The molecule has 4 aromatic heterocycles. The lowest BCUT2D eigenvalue weighted by Crippen LogP contribution is -2.24. The number of aliphatic hydroxyl groups excluding tert-OH is 1. The van der Waals surface area contributed by atoms with Crippen molar-refractivity contribution in [1.29, 1.82) is 0 Å². The number of halogens is 1. The largest absolute Gasteiger partial charge is 0.450 e. The summed E-state index contributed by atoms with van der Waals surface area (Å²) in [7, 11) is 3.48. The third-order valence-electron chi connectivity index (χ3n) is 7.77. The van der Waals surface area contributed by atoms with Gasteiger partial charge < -0.3 is 20.6 Å². The Bertz CT molecular complexity index is 1780. The molecular weight excluding hydrogens is 541 g/mol. The van der Waals surface area contributed by atoms with Gasteiger partial charge in [-0.3, -0.25) is 13.8 Å². The predicted octanol–water partition coefficient (Wildman–Crippen LogP) is 4.56. The van der Waals surface area contributed by atoms with Gasteiger partial charge in [0.15, 0.2) is 0 Å². The minimum atomic E-state index is -0.711. The summed E-state index contributed by atoms with van der Waals surface area (Å²) in [6.07, 6.45) is 8.28. The van der Waals surface area contributed by atoms with Crippen molar-refractivity contribution < 1.29 is 19.0 Å². The van der Waals surface area contributed by atoms with Gasteiger partial charge in [0.2, 0.25) is 5.95 Å². The van der Waals surface area contributed by atoms with Crippen molar-refractivity contribution in [3.63, 3.8) is 0 Å². The number of nitrogens with zero attached hydrogens (tertiary/aromatic N) is 5. The van der Waals surface area contributed by atoms with Gasteiger partial charge in [-0.15, -0.1) is 5.10 Å². The number of aromatic nitrogens is 6. The van der Waals surface area contributed by atoms with Gasteiger partial charge in [-0.25, -0.2) is 14.6 Å². The van der Waals surface area contributed by atoms with Crippen LogP contribution in [0, 0.1) is 5.95 Å². The minimum Gasteiger partial charge on any atom is -0.450 e. The fourth-order valence-corrected chi connectivity index (χ4v) is 5.86. The number of aromatic amines is 1. The van der Waals surface area contributed by atoms with Gasteiger partial charge in [0.25, 0.3) is 0 Å². The number of pyridine rings is 1. The molecule has 6 rings (SSSR count). The molecule has 0 radical (unpaired) electrons. The molecule has 42 heavy (non-hydrogen) atoms. The summed E-state index contributed by atoms with van der Waals surface area (Å²) >= 11 is 0. The normalized spacial score (nSPS) is 13.5. The van der Waals surface area contributed by atoms with Crippen LogP contribution in [0.3, 0.4) is 0 Å². The Morgan fingerprint density at radius 3 is 2.50 bits per heavy atom. The highest BCUT2D eigenvalue weighted by atomic mass is 19.1. The van der Waals surface area contributed by atoms with E-state index in [-0.39, 0.29) is 18.3 Å². The molecule has 1 aromatic carbocycles. The van der Waals surface area contributed by atoms with Crippen LogP contribution in [0.2, 0.25) is 0 Å². The zero-order chi connectivity index (χ0) is 30.0. The molecule has 0 unspecified atom stereocenters. The van der Waals surface area contributed by atoms with Crippen molar-refractivity contribution in [2.75, 3.05) is 13.2 Å². The Hall–Kier alpha value is -4.45. The molecule has 4 heterocycles. The average Bonchev–Trinajstić information content (AvgIpc) is 3.74. The fraction of sp³-hybridized carbons (Fsp3) is 0.400. The van der Waals surface area contributed by atoms with E-state index in [1.807, 2.05) is 28.8 Å². The van der Waals surface area contributed by atoms with E-state index in [4.69, 9.17) is 0 Å². The molecule has 0 spiro atoms. The summed E-state index contributed by atoms with van der Waals surface area (Å²) in [4.78, 5) is 31.1. The number of hydrogen-bond acceptors (Lipinski definition) is 6. The monoisotopic (exact) mass is 577 g/mol. The number of fused-ring (bicyclic) bond motifs is 3. The van der Waals surface area contributed by atoms with Crippen molar-refractivity contribution in [3.8, 4) is 22.4 Å². The van der Waals surface area contributed by atoms with E-state index < -0.39 is 12.0 Å². The highest BCUT2D eigenvalue weighted by Crippen LogP contribution is 2.43. The van der Waals surface area contributed by atoms with Gasteiger partial charge in [-0.05, 0) is 43.7 Å². The van der Waals surface area contributed by atoms with Crippen LogP contribution in [0.25, 0.3) is 44.5 Å². The van der Waals surface area contributed by atoms with E-state index >= 15 is 0 Å². The van der Waals surface area contributed by atoms with E-state index in [1.165, 1.54) is 4.68 Å². The number of aliphatic hydroxyl groups is 1. The van der Waals surface area contributed by atoms with Crippen LogP contribution >= 0.6 is 0 Å². The second kappa shape index (κ2) is 12.2. The highest BCUT2D eigenvalue weighted by Gasteiger charge is 2.28. The smallest absolute Gasteiger partial charge is 0.404 e. The van der Waals surface area contributed by atoms with Crippen LogP contribution in [0.1, 0.15) is 50.6 Å². The number of nitrogens with two attached hydrogens (primary N) is 1. The number of primary amides is 1. The van der Waals surface area contributed by atoms with Crippen LogP contribution < -0.4 is 11.4 Å². The van der Waals surface area contributed by atoms with Crippen molar-refractivity contribution in [2.24, 2.45) is 19.8 Å². The SMILES string of the molecule is CCOC(N)=O.Cn1cc(-c2[nH]c3ncc4c(c3c2-c2ccc(CCCO)cc2)n(C2CCCC2)c(=O)n4C)c(F)n1. The number of hydrogen-bond donors (Lipinski definition) is 3. The zero-order valence-corrected chi connectivity index (χ0v) is 24.1. The lowest BCUT2D eigenvalue weighted by molar-refractivity contribution is 0.163. The molecule has 5 aromatic rings. The first-order chi connectivity index (χ1) is 20.2. The number of aryl methyl sites for hydroxylation is 3. The van der Waals surface area contributed by atoms with E-state index in [0.717, 1.165) is 65.2 Å². The Kier molecular flexibility index (Phi) is 8.44. The summed E-state index contributed by atoms with van der Waals surface area (Å²) in [5.74, 6) is -0.567. The zero-order valence-electron chi connectivity index (χ0n) is 24.1. The van der Waals surface area contributed by atoms with Crippen LogP contribution in [0.15, 0.2) is 41.5 Å². The van der Waals surface area contributed by atoms with Crippen LogP contribution in [-0.2, 0) is 25.3 Å². The number of rotatable bonds is 7. The molecule has 1 fully saturated rings. The first-order valence-corrected chi connectivity index (χ1v) is 14.2. The maximum Gasteiger partial charge on any atom is 0.404 e. The highest BCUT2D eigenvalue weighted by molar-refractivity contribution is 6.14. The van der Waals surface area contributed by atoms with E-state index in [2.05, 4.69) is 25.5 Å². The molecule has 0 aliphatic heterocycles. The Labute approximate surface area is 241 Å². The topological polar surface area (TPSA) is 146 Å². The third kappa shape index (κ3) is 5.41. The molecule has 4 N–H and O–H groups in total. The molecule has 12 heteroatoms. The Morgan fingerprint density at radius 1 is 1.21 bits per heavy atom. The van der Waals surface area contributed by atoms with Crippen LogP contribution in [0.4, 0.5) is 9.18 Å². The van der Waals surface area contributed by atoms with E-state index in [0.29, 0.717) is 29.9 Å². The molecule has 222 valence electrons. The molecule has 1 amide bonds. The minimum absolute atomic E-state index is 0.0493. The number of H-pyrrole nitrogens is 1. The second-order valence-corrected chi connectivity index (χ2v) is 10.5. The molecule has 0 atom stereocenters. The second-order valence-electron chi connectivity index (χ2n) is 10.5. The number of nitrogens with one attached hydrogen (secondary N) is 1. The predicted molar refractivity (Wildman–Crippen MR) is 159 cm³/mol. The summed E-state index contributed by atoms with van der Waals surface area (Å²) in [5.41, 5.74) is 10.5. The lowest BCUT2D eigenvalue weighted by atomic mass is 9.97. The van der Waals surface area contributed by atoms with E-state index in [1.54, 1.807) is 38.0 Å². The molecule has 1 aliphatic rings.